The zero-order valence-electron chi connectivity index (χ0n) is 19.1. The van der Waals surface area contributed by atoms with E-state index in [2.05, 4.69) is 0 Å². The largest absolute Gasteiger partial charge is 0.400 e. The zero-order chi connectivity index (χ0) is 23.5. The fraction of sp³-hybridized carbons (Fsp3) is 0.800. The Kier molecular flexibility index (Phi) is 123. The van der Waals surface area contributed by atoms with Crippen LogP contribution in [0.25, 0.3) is 0 Å². The highest BCUT2D eigenvalue weighted by atomic mass is 16.3. The lowest BCUT2D eigenvalue weighted by atomic mass is 10.4. The summed E-state index contributed by atoms with van der Waals surface area (Å²) in [5.41, 5.74) is 0. The molecular formula is C20H46O7. The number of carbonyl (C=O) groups is 4. The molecule has 0 aromatic rings. The average molecular weight is 399 g/mol. The summed E-state index contributed by atoms with van der Waals surface area (Å²) in [5.74, 6) is 0.421. The van der Waals surface area contributed by atoms with Crippen molar-refractivity contribution in [3.05, 3.63) is 0 Å². The standard InChI is InChI=1S/2C4H8O.C3H6O.C3H8O.C3H6O.C2H6O.CH4O/c1-3-4(2)5;1-2-3-4-5;1-3(2)4;2*1-2-3-4;1-2-3;1-2/h3H2,1-2H3;4H,2-3H2,1H3;1-2H3;4H,2-3H2,1H3;3H,2H2,1H3;3H,2H2,1H3;2H,1H3. The van der Waals surface area contributed by atoms with Crippen molar-refractivity contribution in [2.24, 2.45) is 0 Å². The van der Waals surface area contributed by atoms with E-state index in [0.717, 1.165) is 32.5 Å². The summed E-state index contributed by atoms with van der Waals surface area (Å²) in [5, 5.41) is 22.4. The third-order valence-corrected chi connectivity index (χ3v) is 1.29. The van der Waals surface area contributed by atoms with Crippen molar-refractivity contribution in [3.63, 3.8) is 0 Å². The van der Waals surface area contributed by atoms with Crippen molar-refractivity contribution in [3.8, 4) is 0 Å². The molecule has 7 heteroatoms. The summed E-state index contributed by atoms with van der Waals surface area (Å²) < 4.78 is 0. The van der Waals surface area contributed by atoms with Gasteiger partial charge in [-0.05, 0) is 40.5 Å². The molecule has 27 heavy (non-hydrogen) atoms. The molecule has 0 aliphatic carbocycles. The molecule has 0 rings (SSSR count). The number of rotatable bonds is 5. The number of unbranched alkanes of at least 4 members (excludes halogenated alkanes) is 1. The first kappa shape index (κ1) is 44.8. The van der Waals surface area contributed by atoms with Crippen LogP contribution in [-0.4, -0.2) is 59.8 Å². The van der Waals surface area contributed by atoms with Gasteiger partial charge in [-0.1, -0.05) is 27.7 Å². The molecule has 3 N–H and O–H groups in total. The first-order valence-electron chi connectivity index (χ1n) is 9.16. The molecule has 0 unspecified atom stereocenters. The average Bonchev–Trinajstić information content (AvgIpc) is 2.65. The van der Waals surface area contributed by atoms with E-state index in [9.17, 15) is 19.2 Å². The molecule has 0 saturated carbocycles. The van der Waals surface area contributed by atoms with Crippen LogP contribution in [0.15, 0.2) is 0 Å². The van der Waals surface area contributed by atoms with Crippen LogP contribution in [0.3, 0.4) is 0 Å². The number of hydrogen-bond donors (Lipinski definition) is 3. The van der Waals surface area contributed by atoms with Gasteiger partial charge in [0.05, 0.1) is 0 Å². The lowest BCUT2D eigenvalue weighted by Gasteiger charge is -1.71. The molecule has 7 nitrogen and oxygen atoms in total. The van der Waals surface area contributed by atoms with Crippen LogP contribution in [0.5, 0.6) is 0 Å². The van der Waals surface area contributed by atoms with Crippen molar-refractivity contribution >= 4 is 24.1 Å². The van der Waals surface area contributed by atoms with Crippen LogP contribution < -0.4 is 0 Å². The smallest absolute Gasteiger partial charge is 0.129 e. The van der Waals surface area contributed by atoms with Gasteiger partial charge in [-0.15, -0.1) is 0 Å². The third kappa shape index (κ3) is 601. The summed E-state index contributed by atoms with van der Waals surface area (Å²) in [7, 11) is 1.00. The van der Waals surface area contributed by atoms with Crippen molar-refractivity contribution in [2.45, 2.75) is 87.5 Å². The number of aliphatic hydroxyl groups excluding tert-OH is 3. The Bertz CT molecular complexity index is 236. The van der Waals surface area contributed by atoms with Crippen LogP contribution in [0.4, 0.5) is 0 Å². The van der Waals surface area contributed by atoms with Crippen molar-refractivity contribution < 1.29 is 34.5 Å². The number of aldehydes is 2. The van der Waals surface area contributed by atoms with Crippen molar-refractivity contribution in [1.82, 2.24) is 0 Å². The van der Waals surface area contributed by atoms with E-state index < -0.39 is 0 Å². The van der Waals surface area contributed by atoms with Crippen LogP contribution in [0.2, 0.25) is 0 Å². The normalized spacial score (nSPS) is 6.67. The summed E-state index contributed by atoms with van der Waals surface area (Å²) in [6.45, 7) is 14.5. The van der Waals surface area contributed by atoms with E-state index in [1.54, 1.807) is 13.8 Å². The van der Waals surface area contributed by atoms with Gasteiger partial charge in [0, 0.05) is 39.6 Å². The predicted molar refractivity (Wildman–Crippen MR) is 113 cm³/mol. The first-order valence-corrected chi connectivity index (χ1v) is 9.16. The first-order chi connectivity index (χ1) is 12.7. The highest BCUT2D eigenvalue weighted by Gasteiger charge is 1.76. The van der Waals surface area contributed by atoms with Crippen LogP contribution in [0, 0.1) is 0 Å². The molecular weight excluding hydrogens is 352 g/mol. The second-order valence-corrected chi connectivity index (χ2v) is 4.53. The molecule has 0 radical (unpaired) electrons. The number of aliphatic hydroxyl groups is 3. The maximum atomic E-state index is 9.81. The SMILES string of the molecule is CC(C)=O.CCC(C)=O.CCC=O.CCCC=O.CCCO.CCO.CO. The molecule has 0 aliphatic rings. The Hall–Kier alpha value is -1.44. The molecule has 0 heterocycles. The maximum Gasteiger partial charge on any atom is 0.129 e. The monoisotopic (exact) mass is 398 g/mol. The van der Waals surface area contributed by atoms with Gasteiger partial charge in [0.15, 0.2) is 0 Å². The van der Waals surface area contributed by atoms with Crippen molar-refractivity contribution in [2.75, 3.05) is 20.3 Å². The fourth-order valence-corrected chi connectivity index (χ4v) is 0.118. The molecule has 0 atom stereocenters. The molecule has 0 amide bonds. The minimum Gasteiger partial charge on any atom is -0.400 e. The molecule has 168 valence electrons. The summed E-state index contributed by atoms with van der Waals surface area (Å²) in [4.78, 5) is 37.8. The van der Waals surface area contributed by atoms with Gasteiger partial charge in [0.25, 0.3) is 0 Å². The highest BCUT2D eigenvalue weighted by molar-refractivity contribution is 5.74. The second-order valence-electron chi connectivity index (χ2n) is 4.53. The van der Waals surface area contributed by atoms with E-state index >= 15 is 0 Å². The van der Waals surface area contributed by atoms with E-state index in [0.29, 0.717) is 25.9 Å². The number of ketones is 2. The van der Waals surface area contributed by atoms with Gasteiger partial charge in [-0.3, -0.25) is 0 Å². The third-order valence-electron chi connectivity index (χ3n) is 1.29. The number of carbonyl (C=O) groups excluding carboxylic acids is 4. The van der Waals surface area contributed by atoms with Gasteiger partial charge in [-0.25, -0.2) is 0 Å². The van der Waals surface area contributed by atoms with E-state index in [1.165, 1.54) is 13.8 Å². The lowest BCUT2D eigenvalue weighted by molar-refractivity contribution is -0.117. The summed E-state index contributed by atoms with van der Waals surface area (Å²) >= 11 is 0. The van der Waals surface area contributed by atoms with Gasteiger partial charge in [0.2, 0.25) is 0 Å². The maximum absolute atomic E-state index is 9.81. The van der Waals surface area contributed by atoms with Crippen LogP contribution >= 0.6 is 0 Å². The Labute approximate surface area is 167 Å². The molecule has 0 bridgehead atoms. The molecule has 0 aromatic heterocycles. The van der Waals surface area contributed by atoms with Crippen LogP contribution in [0.1, 0.15) is 87.5 Å². The minimum absolute atomic E-state index is 0.167. The molecule has 0 fully saturated rings. The van der Waals surface area contributed by atoms with Gasteiger partial charge in [-0.2, -0.15) is 0 Å². The predicted octanol–water partition coefficient (Wildman–Crippen LogP) is 3.16. The molecule has 0 aliphatic heterocycles. The Balaban J connectivity index is -0.0000000351. The molecule has 0 saturated heterocycles. The number of hydrogen-bond acceptors (Lipinski definition) is 7. The zero-order valence-corrected chi connectivity index (χ0v) is 19.1. The van der Waals surface area contributed by atoms with Crippen molar-refractivity contribution in [1.29, 1.82) is 0 Å². The van der Waals surface area contributed by atoms with Crippen LogP contribution in [-0.2, 0) is 19.2 Å². The summed E-state index contributed by atoms with van der Waals surface area (Å²) in [6.07, 6.45) is 5.67. The molecule has 0 spiro atoms. The second kappa shape index (κ2) is 74.1. The quantitative estimate of drug-likeness (QED) is 0.607. The van der Waals surface area contributed by atoms with E-state index in [4.69, 9.17) is 15.3 Å². The number of Topliss-reactive ketones (excluding diaryl/α,β-unsaturated/α-hetero) is 2. The van der Waals surface area contributed by atoms with Gasteiger partial charge in [0.1, 0.15) is 24.1 Å². The Morgan fingerprint density at radius 1 is 0.778 bits per heavy atom. The van der Waals surface area contributed by atoms with Gasteiger partial charge >= 0.3 is 0 Å². The lowest BCUT2D eigenvalue weighted by Crippen LogP contribution is -1.80. The Morgan fingerprint density at radius 2 is 1.00 bits per heavy atom. The molecule has 0 aromatic carbocycles. The minimum atomic E-state index is 0.167. The Morgan fingerprint density at radius 3 is 1.00 bits per heavy atom. The van der Waals surface area contributed by atoms with Gasteiger partial charge < -0.3 is 34.5 Å². The fourth-order valence-electron chi connectivity index (χ4n) is 0.118. The van der Waals surface area contributed by atoms with E-state index in [-0.39, 0.29) is 18.2 Å². The summed E-state index contributed by atoms with van der Waals surface area (Å²) in [6, 6.07) is 0. The highest BCUT2D eigenvalue weighted by Crippen LogP contribution is 1.74. The topological polar surface area (TPSA) is 129 Å². The van der Waals surface area contributed by atoms with E-state index in [1.807, 2.05) is 27.7 Å².